The second-order valence-corrected chi connectivity index (χ2v) is 9.60. The number of hydrogen-bond donors (Lipinski definition) is 1. The molecule has 2 aliphatic heterocycles. The average molecular weight is 429 g/mol. The van der Waals surface area contributed by atoms with Crippen molar-refractivity contribution in [3.63, 3.8) is 0 Å². The Labute approximate surface area is 175 Å². The van der Waals surface area contributed by atoms with Gasteiger partial charge in [-0.1, -0.05) is 12.1 Å². The lowest BCUT2D eigenvalue weighted by atomic mass is 10.1. The van der Waals surface area contributed by atoms with E-state index in [4.69, 9.17) is 0 Å². The number of aromatic nitrogens is 1. The maximum Gasteiger partial charge on any atom is 0.244 e. The normalized spacial score (nSPS) is 17.0. The zero-order valence-corrected chi connectivity index (χ0v) is 17.6. The van der Waals surface area contributed by atoms with E-state index in [1.165, 1.54) is 9.21 Å². The predicted octanol–water partition coefficient (Wildman–Crippen LogP) is 2.09. The summed E-state index contributed by atoms with van der Waals surface area (Å²) in [6, 6.07) is 8.48. The molecule has 1 aromatic carbocycles. The van der Waals surface area contributed by atoms with Crippen LogP contribution in [-0.4, -0.2) is 49.2 Å². The van der Waals surface area contributed by atoms with Gasteiger partial charge in [-0.05, 0) is 55.5 Å². The lowest BCUT2D eigenvalue weighted by Gasteiger charge is -2.28. The van der Waals surface area contributed by atoms with Crippen molar-refractivity contribution in [2.24, 2.45) is 0 Å². The van der Waals surface area contributed by atoms with E-state index in [1.807, 2.05) is 6.92 Å². The van der Waals surface area contributed by atoms with E-state index in [9.17, 15) is 18.0 Å². The highest BCUT2D eigenvalue weighted by molar-refractivity contribution is 7.89. The Kier molecular flexibility index (Phi) is 5.57. The Bertz CT molecular complexity index is 1080. The SMILES string of the molecule is Cc1cnc2c(c1)NC(=O)CN2C(=O)CCc1ccc(S(=O)(=O)N2CCCC2)cc1. The van der Waals surface area contributed by atoms with E-state index in [0.29, 0.717) is 31.0 Å². The maximum absolute atomic E-state index is 12.8. The van der Waals surface area contributed by atoms with Gasteiger partial charge in [0.2, 0.25) is 21.8 Å². The Balaban J connectivity index is 1.43. The molecule has 0 saturated carbocycles. The third-order valence-electron chi connectivity index (χ3n) is 5.39. The monoisotopic (exact) mass is 428 g/mol. The van der Waals surface area contributed by atoms with Crippen LogP contribution < -0.4 is 10.2 Å². The van der Waals surface area contributed by atoms with Crippen LogP contribution in [0.1, 0.15) is 30.4 Å². The largest absolute Gasteiger partial charge is 0.321 e. The number of hydrogen-bond acceptors (Lipinski definition) is 5. The van der Waals surface area contributed by atoms with Crippen molar-refractivity contribution in [2.75, 3.05) is 29.9 Å². The minimum absolute atomic E-state index is 0.0606. The van der Waals surface area contributed by atoms with Crippen LogP contribution >= 0.6 is 0 Å². The van der Waals surface area contributed by atoms with E-state index in [1.54, 1.807) is 36.5 Å². The van der Waals surface area contributed by atoms with Crippen molar-refractivity contribution in [1.82, 2.24) is 9.29 Å². The van der Waals surface area contributed by atoms with Gasteiger partial charge in [-0.2, -0.15) is 4.31 Å². The summed E-state index contributed by atoms with van der Waals surface area (Å²) in [6.07, 6.45) is 4.09. The molecule has 1 fully saturated rings. The van der Waals surface area contributed by atoms with Crippen molar-refractivity contribution in [3.05, 3.63) is 47.7 Å². The van der Waals surface area contributed by atoms with Crippen molar-refractivity contribution < 1.29 is 18.0 Å². The fourth-order valence-electron chi connectivity index (χ4n) is 3.78. The van der Waals surface area contributed by atoms with E-state index in [2.05, 4.69) is 10.3 Å². The molecular formula is C21H24N4O4S. The van der Waals surface area contributed by atoms with Gasteiger partial charge in [0.05, 0.1) is 10.6 Å². The average Bonchev–Trinajstić information content (AvgIpc) is 3.27. The second kappa shape index (κ2) is 8.16. The van der Waals surface area contributed by atoms with Gasteiger partial charge in [-0.15, -0.1) is 0 Å². The first-order chi connectivity index (χ1) is 14.3. The molecule has 158 valence electrons. The van der Waals surface area contributed by atoms with Crippen LogP contribution in [0.4, 0.5) is 11.5 Å². The summed E-state index contributed by atoms with van der Waals surface area (Å²) in [7, 11) is -3.44. The summed E-state index contributed by atoms with van der Waals surface area (Å²) >= 11 is 0. The Hall–Kier alpha value is -2.78. The van der Waals surface area contributed by atoms with Gasteiger partial charge in [-0.3, -0.25) is 14.5 Å². The van der Waals surface area contributed by atoms with E-state index in [0.717, 1.165) is 24.0 Å². The van der Waals surface area contributed by atoms with E-state index in [-0.39, 0.29) is 29.7 Å². The fraction of sp³-hybridized carbons (Fsp3) is 0.381. The molecule has 1 N–H and O–H groups in total. The summed E-state index contributed by atoms with van der Waals surface area (Å²) in [4.78, 5) is 30.7. The summed E-state index contributed by atoms with van der Waals surface area (Å²) in [5.41, 5.74) is 2.30. The molecule has 0 unspecified atom stereocenters. The maximum atomic E-state index is 12.8. The Morgan fingerprint density at radius 3 is 2.57 bits per heavy atom. The number of carbonyl (C=O) groups excluding carboxylic acids is 2. The summed E-state index contributed by atoms with van der Waals surface area (Å²) in [5.74, 6) is 0.00759. The molecule has 9 heteroatoms. The molecule has 1 aromatic heterocycles. The Morgan fingerprint density at radius 1 is 1.17 bits per heavy atom. The lowest BCUT2D eigenvalue weighted by molar-refractivity contribution is -0.121. The number of amides is 2. The van der Waals surface area contributed by atoms with Crippen molar-refractivity contribution in [2.45, 2.75) is 37.5 Å². The Morgan fingerprint density at radius 2 is 1.87 bits per heavy atom. The molecule has 2 aliphatic rings. The van der Waals surface area contributed by atoms with Crippen LogP contribution in [0.3, 0.4) is 0 Å². The molecule has 0 spiro atoms. The number of fused-ring (bicyclic) bond motifs is 1. The molecule has 2 amide bonds. The highest BCUT2D eigenvalue weighted by Gasteiger charge is 2.29. The van der Waals surface area contributed by atoms with E-state index >= 15 is 0 Å². The first-order valence-corrected chi connectivity index (χ1v) is 11.4. The number of carbonyl (C=O) groups is 2. The zero-order chi connectivity index (χ0) is 21.3. The molecule has 0 atom stereocenters. The van der Waals surface area contributed by atoms with Crippen LogP contribution in [0.5, 0.6) is 0 Å². The molecule has 2 aromatic rings. The first-order valence-electron chi connectivity index (χ1n) is 10.0. The van der Waals surface area contributed by atoms with Crippen LogP contribution in [0.25, 0.3) is 0 Å². The molecule has 8 nitrogen and oxygen atoms in total. The summed E-state index contributed by atoms with van der Waals surface area (Å²) in [6.45, 7) is 2.94. The third-order valence-corrected chi connectivity index (χ3v) is 7.30. The van der Waals surface area contributed by atoms with Gasteiger partial charge < -0.3 is 5.32 Å². The van der Waals surface area contributed by atoms with Gasteiger partial charge in [-0.25, -0.2) is 13.4 Å². The van der Waals surface area contributed by atoms with Gasteiger partial charge in [0.15, 0.2) is 5.82 Å². The smallest absolute Gasteiger partial charge is 0.244 e. The number of sulfonamides is 1. The van der Waals surface area contributed by atoms with E-state index < -0.39 is 10.0 Å². The van der Waals surface area contributed by atoms with Crippen molar-refractivity contribution in [3.8, 4) is 0 Å². The van der Waals surface area contributed by atoms with Gasteiger partial charge in [0.1, 0.15) is 6.54 Å². The number of benzene rings is 1. The molecule has 4 rings (SSSR count). The molecule has 30 heavy (non-hydrogen) atoms. The molecule has 3 heterocycles. The number of rotatable bonds is 5. The molecule has 1 saturated heterocycles. The zero-order valence-electron chi connectivity index (χ0n) is 16.8. The number of aryl methyl sites for hydroxylation is 2. The van der Waals surface area contributed by atoms with Crippen LogP contribution in [-0.2, 0) is 26.0 Å². The highest BCUT2D eigenvalue weighted by atomic mass is 32.2. The van der Waals surface area contributed by atoms with Crippen LogP contribution in [0.15, 0.2) is 41.4 Å². The van der Waals surface area contributed by atoms with Gasteiger partial charge in [0, 0.05) is 25.7 Å². The summed E-state index contributed by atoms with van der Waals surface area (Å²) < 4.78 is 26.7. The van der Waals surface area contributed by atoms with Crippen molar-refractivity contribution >= 4 is 33.3 Å². The minimum Gasteiger partial charge on any atom is -0.321 e. The fourth-order valence-corrected chi connectivity index (χ4v) is 5.29. The lowest BCUT2D eigenvalue weighted by Crippen LogP contribution is -2.42. The molecule has 0 aliphatic carbocycles. The third kappa shape index (κ3) is 4.08. The number of anilines is 2. The molecule has 0 radical (unpaired) electrons. The quantitative estimate of drug-likeness (QED) is 0.786. The van der Waals surface area contributed by atoms with Crippen LogP contribution in [0.2, 0.25) is 0 Å². The standard InChI is InChI=1S/C21H24N4O4S/c1-15-12-18-21(22-13-15)25(14-19(26)23-18)20(27)9-6-16-4-7-17(8-5-16)30(28,29)24-10-2-3-11-24/h4-5,7-8,12-13H,2-3,6,9-11,14H2,1H3,(H,23,26). The number of nitrogens with one attached hydrogen (secondary N) is 1. The topological polar surface area (TPSA) is 99.7 Å². The summed E-state index contributed by atoms with van der Waals surface area (Å²) in [5, 5.41) is 2.75. The molecular weight excluding hydrogens is 404 g/mol. The van der Waals surface area contributed by atoms with Gasteiger partial charge >= 0.3 is 0 Å². The van der Waals surface area contributed by atoms with Crippen molar-refractivity contribution in [1.29, 1.82) is 0 Å². The number of pyridine rings is 1. The minimum atomic E-state index is -3.44. The second-order valence-electron chi connectivity index (χ2n) is 7.67. The molecule has 0 bridgehead atoms. The number of nitrogens with zero attached hydrogens (tertiary/aromatic N) is 3. The van der Waals surface area contributed by atoms with Gasteiger partial charge in [0.25, 0.3) is 0 Å². The predicted molar refractivity (Wildman–Crippen MR) is 113 cm³/mol. The highest BCUT2D eigenvalue weighted by Crippen LogP contribution is 2.28. The van der Waals surface area contributed by atoms with Crippen LogP contribution in [0, 0.1) is 6.92 Å². The first kappa shape index (κ1) is 20.5.